The van der Waals surface area contributed by atoms with Gasteiger partial charge in [0.15, 0.2) is 0 Å². The van der Waals surface area contributed by atoms with Gasteiger partial charge < -0.3 is 14.0 Å². The Labute approximate surface area is 540 Å². The molecule has 0 fully saturated rings. The van der Waals surface area contributed by atoms with Crippen LogP contribution in [0.3, 0.4) is 0 Å². The molecule has 91 heavy (non-hydrogen) atoms. The van der Waals surface area contributed by atoms with E-state index in [1.54, 1.807) is 12.1 Å². The maximum absolute atomic E-state index is 10.2. The predicted molar refractivity (Wildman–Crippen MR) is 375 cm³/mol. The number of ether oxygens (including phenoxy) is 2. The fourth-order valence-corrected chi connectivity index (χ4v) is 13.8. The minimum absolute atomic E-state index is 0.0221. The highest BCUT2D eigenvalue weighted by Crippen LogP contribution is 2.44. The third-order valence-corrected chi connectivity index (χ3v) is 18.6. The minimum Gasteiger partial charge on any atom is -0.458 e. The predicted octanol–water partition coefficient (Wildman–Crippen LogP) is 19.1. The summed E-state index contributed by atoms with van der Waals surface area (Å²) >= 11 is 0. The number of pyridine rings is 2. The van der Waals surface area contributed by atoms with E-state index in [0.29, 0.717) is 51.5 Å². The zero-order valence-corrected chi connectivity index (χ0v) is 51.5. The lowest BCUT2D eigenvalue weighted by molar-refractivity contribution is 0.464. The van der Waals surface area contributed by atoms with Gasteiger partial charge in [0, 0.05) is 49.9 Å². The third kappa shape index (κ3) is 8.64. The van der Waals surface area contributed by atoms with Crippen LogP contribution in [-0.4, -0.2) is 30.4 Å². The van der Waals surface area contributed by atoms with Gasteiger partial charge in [0.25, 0.3) is 6.71 Å². The monoisotopic (exact) mass is 1180 g/mol. The SMILES string of the molecule is [2H]c1c([2H])c([2H])c2c(c1[2H])c1c([2H])c([2H])c([2H])c([2H])c1n2-c1cc2c3c(c1)Oc1ccc(-c4cc(-c5ccc(C(C)C)cc5)cc(-n5c6ccc(C#N)cc6c6cc(C(C)(C)C)ccc65)n4)cc1B3c1cc(-c3cccc(-n4c5ccccc5c5cc(C(C)(C)C)ccc54)n3)ccc1O2. The lowest BCUT2D eigenvalue weighted by Crippen LogP contribution is -2.57. The number of rotatable bonds is 7. The standard InChI is InChI=1S/C82H63BN6O2/c1-48(2)50-25-27-51(28-26-50)54-41-67(86-79(42-54)89-71-33-24-49(47-84)38-61(71)63-44-56(82(6,7)8)32-35-73(63)89)53-30-37-75-65(40-53)83-64-39-52(66-19-15-23-78(85-66)88-70-22-14-11-18-60(70)62-43-55(81(3,4)5)31-34-72(62)88)29-36-74(64)90-76-45-57(46-77(91-75)80(76)83)87-68-20-12-9-16-58(68)59-17-10-13-21-69(59)87/h9-46,48H,1-8H3/i9D,10D,12D,13D,16D,17D,20D,21D. The molecule has 0 saturated heterocycles. The Morgan fingerprint density at radius 3 is 1.59 bits per heavy atom. The summed E-state index contributed by atoms with van der Waals surface area (Å²) < 4.78 is 92.7. The topological polar surface area (TPSA) is 82.8 Å². The average Bonchev–Trinajstić information content (AvgIpc) is 1.62. The summed E-state index contributed by atoms with van der Waals surface area (Å²) in [5.74, 6) is 3.56. The molecule has 5 aromatic heterocycles. The molecule has 9 heteroatoms. The van der Waals surface area contributed by atoms with Gasteiger partial charge in [0.1, 0.15) is 34.6 Å². The number of hydrogen-bond donors (Lipinski definition) is 0. The highest BCUT2D eigenvalue weighted by atomic mass is 16.5. The molecule has 0 unspecified atom stereocenters. The van der Waals surface area contributed by atoms with Crippen LogP contribution in [0.15, 0.2) is 230 Å². The highest BCUT2D eigenvalue weighted by molar-refractivity contribution is 6.98. The number of nitrogens with zero attached hydrogens (tertiary/aromatic N) is 6. The van der Waals surface area contributed by atoms with Gasteiger partial charge in [-0.3, -0.25) is 9.13 Å². The van der Waals surface area contributed by atoms with E-state index in [4.69, 9.17) is 24.9 Å². The Morgan fingerprint density at radius 2 is 0.978 bits per heavy atom. The molecular formula is C82H63BN6O2. The lowest BCUT2D eigenvalue weighted by Gasteiger charge is -2.34. The second kappa shape index (κ2) is 20.0. The zero-order chi connectivity index (χ0) is 68.7. The molecule has 7 heterocycles. The van der Waals surface area contributed by atoms with Crippen LogP contribution < -0.4 is 25.9 Å². The second-order valence-corrected chi connectivity index (χ2v) is 26.5. The maximum Gasteiger partial charge on any atom is 0.260 e. The van der Waals surface area contributed by atoms with Crippen molar-refractivity contribution in [2.75, 3.05) is 0 Å². The molecule has 436 valence electrons. The van der Waals surface area contributed by atoms with Gasteiger partial charge in [0.05, 0.1) is 72.8 Å². The maximum atomic E-state index is 10.2. The minimum atomic E-state index is -0.573. The van der Waals surface area contributed by atoms with Gasteiger partial charge >= 0.3 is 0 Å². The first kappa shape index (κ1) is 46.2. The van der Waals surface area contributed by atoms with E-state index in [1.165, 1.54) is 21.3 Å². The van der Waals surface area contributed by atoms with E-state index < -0.39 is 55.1 Å². The Balaban J connectivity index is 0.885. The van der Waals surface area contributed by atoms with E-state index in [1.807, 2.05) is 60.7 Å². The van der Waals surface area contributed by atoms with Crippen molar-refractivity contribution in [1.82, 2.24) is 23.7 Å². The fourth-order valence-electron chi connectivity index (χ4n) is 13.8. The summed E-state index contributed by atoms with van der Waals surface area (Å²) in [6.45, 7) is 17.1. The van der Waals surface area contributed by atoms with E-state index in [9.17, 15) is 10.7 Å². The van der Waals surface area contributed by atoms with Crippen LogP contribution in [-0.2, 0) is 10.8 Å². The number of para-hydroxylation sites is 3. The summed E-state index contributed by atoms with van der Waals surface area (Å²) in [6.07, 6.45) is 0. The molecule has 15 aromatic rings. The number of hydrogen-bond acceptors (Lipinski definition) is 5. The van der Waals surface area contributed by atoms with Crippen LogP contribution in [0.4, 0.5) is 0 Å². The van der Waals surface area contributed by atoms with E-state index in [2.05, 4.69) is 180 Å². The molecule has 2 aliphatic rings. The first-order chi connectivity index (χ1) is 47.4. The van der Waals surface area contributed by atoms with Crippen LogP contribution >= 0.6 is 0 Å². The summed E-state index contributed by atoms with van der Waals surface area (Å²) in [6, 6.07) is 61.0. The van der Waals surface area contributed by atoms with Crippen molar-refractivity contribution in [3.63, 3.8) is 0 Å². The van der Waals surface area contributed by atoms with Gasteiger partial charge in [-0.15, -0.1) is 0 Å². The van der Waals surface area contributed by atoms with E-state index in [-0.39, 0.29) is 38.3 Å². The van der Waals surface area contributed by atoms with Crippen LogP contribution in [0.25, 0.3) is 116 Å². The number of aromatic nitrogens is 5. The molecule has 0 saturated carbocycles. The van der Waals surface area contributed by atoms with Gasteiger partial charge in [0.2, 0.25) is 0 Å². The quantitative estimate of drug-likeness (QED) is 0.149. The van der Waals surface area contributed by atoms with Crippen molar-refractivity contribution in [3.05, 3.63) is 253 Å². The average molecular weight is 1180 g/mol. The van der Waals surface area contributed by atoms with Crippen molar-refractivity contribution < 1.29 is 20.4 Å². The van der Waals surface area contributed by atoms with Crippen molar-refractivity contribution >= 4 is 88.5 Å². The van der Waals surface area contributed by atoms with Crippen molar-refractivity contribution in [3.8, 4) is 80.0 Å². The van der Waals surface area contributed by atoms with Gasteiger partial charge in [-0.1, -0.05) is 164 Å². The third-order valence-electron chi connectivity index (χ3n) is 18.6. The van der Waals surface area contributed by atoms with E-state index in [0.717, 1.165) is 88.3 Å². The molecule has 2 aliphatic heterocycles. The molecule has 0 N–H and O–H groups in total. The van der Waals surface area contributed by atoms with Crippen LogP contribution in [0.5, 0.6) is 23.0 Å². The number of benzene rings is 10. The molecule has 0 spiro atoms. The highest BCUT2D eigenvalue weighted by Gasteiger charge is 2.41. The van der Waals surface area contributed by atoms with Crippen LogP contribution in [0, 0.1) is 11.3 Å². The van der Waals surface area contributed by atoms with Crippen LogP contribution in [0.2, 0.25) is 0 Å². The summed E-state index contributed by atoms with van der Waals surface area (Å²) in [7, 11) is 0. The largest absolute Gasteiger partial charge is 0.458 e. The summed E-state index contributed by atoms with van der Waals surface area (Å²) in [5.41, 5.74) is 15.5. The van der Waals surface area contributed by atoms with Gasteiger partial charge in [-0.2, -0.15) is 5.26 Å². The molecule has 0 amide bonds. The Bertz CT molecular complexity index is 6030. The molecule has 0 aliphatic carbocycles. The summed E-state index contributed by atoms with van der Waals surface area (Å²) in [4.78, 5) is 11.1. The molecule has 10 aromatic carbocycles. The van der Waals surface area contributed by atoms with Crippen molar-refractivity contribution in [1.29, 1.82) is 5.26 Å². The molecule has 0 atom stereocenters. The molecule has 0 radical (unpaired) electrons. The zero-order valence-electron chi connectivity index (χ0n) is 59.5. The molecule has 8 nitrogen and oxygen atoms in total. The smallest absolute Gasteiger partial charge is 0.260 e. The molecular weight excluding hydrogens is 1110 g/mol. The van der Waals surface area contributed by atoms with Gasteiger partial charge in [-0.05, 0) is 176 Å². The first-order valence-electron chi connectivity index (χ1n) is 34.9. The van der Waals surface area contributed by atoms with E-state index >= 15 is 0 Å². The number of nitriles is 1. The molecule has 0 bridgehead atoms. The second-order valence-electron chi connectivity index (χ2n) is 26.5. The summed E-state index contributed by atoms with van der Waals surface area (Å²) in [5, 5.41) is 14.4. The van der Waals surface area contributed by atoms with Crippen molar-refractivity contribution in [2.45, 2.75) is 72.1 Å². The Hall–Kier alpha value is -10.9. The number of fused-ring (bicyclic) bond motifs is 13. The van der Waals surface area contributed by atoms with Crippen LogP contribution in [0.1, 0.15) is 94.5 Å². The normalized spacial score (nSPS) is 14.1. The lowest BCUT2D eigenvalue weighted by atomic mass is 9.34. The first-order valence-corrected chi connectivity index (χ1v) is 30.9. The Kier molecular flexibility index (Phi) is 10.2. The van der Waals surface area contributed by atoms with Gasteiger partial charge in [-0.25, -0.2) is 9.97 Å². The Morgan fingerprint density at radius 1 is 0.440 bits per heavy atom. The fraction of sp³-hybridized carbons (Fsp3) is 0.134. The van der Waals surface area contributed by atoms with Crippen molar-refractivity contribution in [2.24, 2.45) is 0 Å². The molecule has 17 rings (SSSR count).